The van der Waals surface area contributed by atoms with Crippen molar-refractivity contribution in [2.45, 2.75) is 17.9 Å². The van der Waals surface area contributed by atoms with Crippen LogP contribution in [0.15, 0.2) is 58.5 Å². The molecule has 0 saturated carbocycles. The number of aryl methyl sites for hydroxylation is 1. The van der Waals surface area contributed by atoms with Crippen molar-refractivity contribution in [3.05, 3.63) is 58.6 Å². The standard InChI is InChI=1S/C18H16N2O3S3/c21-26(22,23)11-5-10-20-14-7-2-4-9-16(14)25-18(20)12-17-19-13-6-1-3-8-15(13)24-17/h1-4,6-9,12H,5,10-11H2,(H,21,22,23)/p+1. The third-order valence-corrected chi connectivity index (χ3v) is 6.97. The van der Waals surface area contributed by atoms with Gasteiger partial charge in [0, 0.05) is 17.4 Å². The zero-order valence-corrected chi connectivity index (χ0v) is 16.2. The second-order valence-corrected chi connectivity index (χ2v) is 9.65. The van der Waals surface area contributed by atoms with Crippen LogP contribution >= 0.6 is 23.1 Å². The number of nitrogens with zero attached hydrogens (tertiary/aromatic N) is 1. The number of hydrogen-bond acceptors (Lipinski definition) is 5. The Balaban J connectivity index is 1.66. The summed E-state index contributed by atoms with van der Waals surface area (Å²) >= 11 is 3.35. The van der Waals surface area contributed by atoms with Crippen LogP contribution in [0.4, 0.5) is 5.69 Å². The van der Waals surface area contributed by atoms with Crippen molar-refractivity contribution in [1.29, 1.82) is 0 Å². The first kappa shape index (κ1) is 17.5. The third kappa shape index (κ3) is 3.78. The number of nitrogens with one attached hydrogen (secondary N) is 1. The van der Waals surface area contributed by atoms with E-state index >= 15 is 0 Å². The number of para-hydroxylation sites is 2. The molecular formula is C18H17N2O3S3+. The van der Waals surface area contributed by atoms with Gasteiger partial charge in [-0.25, -0.2) is 0 Å². The fraction of sp³-hybridized carbons (Fsp3) is 0.167. The minimum absolute atomic E-state index is 0.237. The lowest BCUT2D eigenvalue weighted by atomic mass is 10.3. The first-order chi connectivity index (χ1) is 12.5. The van der Waals surface area contributed by atoms with Crippen molar-refractivity contribution >= 4 is 55.2 Å². The van der Waals surface area contributed by atoms with Crippen LogP contribution in [-0.2, 0) is 16.7 Å². The number of aromatic nitrogens is 1. The van der Waals surface area contributed by atoms with Gasteiger partial charge < -0.3 is 5.32 Å². The van der Waals surface area contributed by atoms with E-state index in [9.17, 15) is 8.42 Å². The van der Waals surface area contributed by atoms with E-state index in [1.165, 1.54) is 4.90 Å². The van der Waals surface area contributed by atoms with Crippen LogP contribution in [0.1, 0.15) is 11.4 Å². The van der Waals surface area contributed by atoms with Gasteiger partial charge in [0.2, 0.25) is 5.52 Å². The molecule has 0 fully saturated rings. The summed E-state index contributed by atoms with van der Waals surface area (Å²) in [7, 11) is -3.94. The summed E-state index contributed by atoms with van der Waals surface area (Å²) in [4.78, 5) is 1.19. The van der Waals surface area contributed by atoms with Crippen LogP contribution in [0.3, 0.4) is 0 Å². The van der Waals surface area contributed by atoms with Gasteiger partial charge >= 0.3 is 0 Å². The van der Waals surface area contributed by atoms with Crippen molar-refractivity contribution in [3.8, 4) is 0 Å². The second kappa shape index (κ2) is 7.03. The third-order valence-electron chi connectivity index (χ3n) is 4.04. The largest absolute Gasteiger partial charge is 0.349 e. The maximum Gasteiger partial charge on any atom is 0.265 e. The van der Waals surface area contributed by atoms with E-state index in [0.29, 0.717) is 13.0 Å². The van der Waals surface area contributed by atoms with Gasteiger partial charge in [-0.3, -0.25) is 4.55 Å². The first-order valence-corrected chi connectivity index (χ1v) is 11.4. The minimum atomic E-state index is -3.94. The molecule has 1 aliphatic rings. The van der Waals surface area contributed by atoms with Crippen LogP contribution in [-0.4, -0.2) is 18.7 Å². The number of thiazole rings is 1. The molecule has 134 valence electrons. The highest BCUT2D eigenvalue weighted by atomic mass is 32.2. The average Bonchev–Trinajstić information content (AvgIpc) is 3.15. The molecule has 0 saturated heterocycles. The number of benzene rings is 2. The summed E-state index contributed by atoms with van der Waals surface area (Å²) in [5.74, 6) is -0.237. The number of thioether (sulfide) groups is 1. The van der Waals surface area contributed by atoms with Gasteiger partial charge in [0.1, 0.15) is 4.70 Å². The normalized spacial score (nSPS) is 15.3. The number of rotatable bonds is 5. The Bertz CT molecular complexity index is 1080. The van der Waals surface area contributed by atoms with Crippen molar-refractivity contribution < 1.29 is 17.5 Å². The van der Waals surface area contributed by atoms with Crippen LogP contribution < -0.4 is 9.88 Å². The van der Waals surface area contributed by atoms with E-state index in [1.54, 1.807) is 23.1 Å². The lowest BCUT2D eigenvalue weighted by Crippen LogP contribution is -2.36. The molecule has 26 heavy (non-hydrogen) atoms. The summed E-state index contributed by atoms with van der Waals surface area (Å²) < 4.78 is 34.3. The van der Waals surface area contributed by atoms with E-state index in [2.05, 4.69) is 28.1 Å². The number of anilines is 1. The van der Waals surface area contributed by atoms with Gasteiger partial charge in [0.05, 0.1) is 22.5 Å². The predicted octanol–water partition coefficient (Wildman–Crippen LogP) is 3.98. The Kier molecular flexibility index (Phi) is 4.74. The van der Waals surface area contributed by atoms with Crippen LogP contribution in [0, 0.1) is 0 Å². The Morgan fingerprint density at radius 2 is 1.88 bits per heavy atom. The molecule has 2 aromatic carbocycles. The van der Waals surface area contributed by atoms with Gasteiger partial charge in [-0.2, -0.15) is 13.0 Å². The molecule has 0 bridgehead atoms. The average molecular weight is 406 g/mol. The van der Waals surface area contributed by atoms with Gasteiger partial charge in [-0.1, -0.05) is 47.4 Å². The molecule has 2 heterocycles. The molecule has 0 unspecified atom stereocenters. The highest BCUT2D eigenvalue weighted by Gasteiger charge is 2.22. The van der Waals surface area contributed by atoms with Crippen molar-refractivity contribution in [1.82, 2.24) is 0 Å². The van der Waals surface area contributed by atoms with Crippen molar-refractivity contribution in [2.75, 3.05) is 11.1 Å². The van der Waals surface area contributed by atoms with Crippen molar-refractivity contribution in [3.63, 3.8) is 0 Å². The monoisotopic (exact) mass is 405 g/mol. The molecule has 0 spiro atoms. The maximum absolute atomic E-state index is 11.0. The molecule has 0 aliphatic carbocycles. The number of fused-ring (bicyclic) bond motifs is 2. The Labute approximate surface area is 160 Å². The molecule has 0 radical (unpaired) electrons. The first-order valence-electron chi connectivity index (χ1n) is 8.12. The van der Waals surface area contributed by atoms with Crippen LogP contribution in [0.5, 0.6) is 0 Å². The zero-order chi connectivity index (χ0) is 18.1. The fourth-order valence-electron chi connectivity index (χ4n) is 2.91. The molecule has 8 heteroatoms. The van der Waals surface area contributed by atoms with E-state index in [1.807, 2.05) is 36.4 Å². The lowest BCUT2D eigenvalue weighted by Gasteiger charge is -1.99. The number of hydrogen-bond donors (Lipinski definition) is 2. The van der Waals surface area contributed by atoms with Gasteiger partial charge in [-0.15, -0.1) is 0 Å². The summed E-state index contributed by atoms with van der Waals surface area (Å²) in [6, 6.07) is 16.2. The predicted molar refractivity (Wildman–Crippen MR) is 107 cm³/mol. The van der Waals surface area contributed by atoms with Gasteiger partial charge in [0.15, 0.2) is 6.54 Å². The topological polar surface area (TPSA) is 70.3 Å². The van der Waals surface area contributed by atoms with Crippen LogP contribution in [0.25, 0.3) is 16.3 Å². The molecule has 3 aromatic rings. The maximum atomic E-state index is 11.0. The summed E-state index contributed by atoms with van der Waals surface area (Å²) in [6.07, 6.45) is 2.46. The van der Waals surface area contributed by atoms with Gasteiger partial charge in [-0.05, 0) is 18.2 Å². The lowest BCUT2D eigenvalue weighted by molar-refractivity contribution is -0.668. The Hall–Kier alpha value is -1.87. The molecular weight excluding hydrogens is 388 g/mol. The quantitative estimate of drug-likeness (QED) is 0.496. The van der Waals surface area contributed by atoms with E-state index in [-0.39, 0.29) is 5.75 Å². The second-order valence-electron chi connectivity index (χ2n) is 5.93. The van der Waals surface area contributed by atoms with Gasteiger partial charge in [0.25, 0.3) is 15.1 Å². The SMILES string of the molecule is O=S(=O)(O)CCC[n+]1c(C=C2Nc3ccccc3S2)sc2ccccc21. The fourth-order valence-corrected chi connectivity index (χ4v) is 5.55. The molecule has 2 N–H and O–H groups in total. The van der Waals surface area contributed by atoms with E-state index in [0.717, 1.165) is 25.9 Å². The molecule has 0 amide bonds. The summed E-state index contributed by atoms with van der Waals surface area (Å²) in [6.45, 7) is 0.528. The molecule has 1 aliphatic heterocycles. The van der Waals surface area contributed by atoms with E-state index < -0.39 is 10.1 Å². The van der Waals surface area contributed by atoms with Crippen molar-refractivity contribution in [2.24, 2.45) is 0 Å². The zero-order valence-electron chi connectivity index (χ0n) is 13.8. The van der Waals surface area contributed by atoms with E-state index in [4.69, 9.17) is 4.55 Å². The Morgan fingerprint density at radius 1 is 1.12 bits per heavy atom. The smallest absolute Gasteiger partial charge is 0.265 e. The molecule has 0 atom stereocenters. The molecule has 4 rings (SSSR count). The summed E-state index contributed by atoms with van der Waals surface area (Å²) in [5, 5.41) is 5.50. The molecule has 1 aromatic heterocycles. The Morgan fingerprint density at radius 3 is 2.69 bits per heavy atom. The summed E-state index contributed by atoms with van der Waals surface area (Å²) in [5.41, 5.74) is 2.17. The van der Waals surface area contributed by atoms with Crippen LogP contribution in [0.2, 0.25) is 0 Å². The minimum Gasteiger partial charge on any atom is -0.349 e. The molecule has 5 nitrogen and oxygen atoms in total. The highest BCUT2D eigenvalue weighted by Crippen LogP contribution is 2.41. The highest BCUT2D eigenvalue weighted by molar-refractivity contribution is 8.03.